The van der Waals surface area contributed by atoms with Gasteiger partial charge in [0.05, 0.1) is 0 Å². The van der Waals surface area contributed by atoms with Gasteiger partial charge in [-0.2, -0.15) is 0 Å². The van der Waals surface area contributed by atoms with E-state index in [9.17, 15) is 4.79 Å². The van der Waals surface area contributed by atoms with Gasteiger partial charge in [-0.25, -0.2) is 9.78 Å². The standard InChI is InChI=1S/C23H27NO2/c1-15(17-7-9-20(21(25)26)24-14-17)12-16-6-8-18-19(13-16)23(4,5)11-10-22(18,2)3/h6-9,12-14H,10-11H2,1-5H3,(H,25,26). The molecule has 0 aliphatic heterocycles. The van der Waals surface area contributed by atoms with E-state index in [1.807, 2.05) is 13.0 Å². The van der Waals surface area contributed by atoms with Crippen molar-refractivity contribution in [3.63, 3.8) is 0 Å². The van der Waals surface area contributed by atoms with E-state index in [4.69, 9.17) is 5.11 Å². The quantitative estimate of drug-likeness (QED) is 0.774. The molecule has 3 rings (SSSR count). The topological polar surface area (TPSA) is 50.2 Å². The highest BCUT2D eigenvalue weighted by Gasteiger charge is 2.36. The average Bonchev–Trinajstić information content (AvgIpc) is 2.59. The largest absolute Gasteiger partial charge is 0.477 e. The molecule has 0 saturated heterocycles. The molecule has 1 N–H and O–H groups in total. The lowest BCUT2D eigenvalue weighted by Gasteiger charge is -2.42. The van der Waals surface area contributed by atoms with Crippen LogP contribution in [0.5, 0.6) is 0 Å². The van der Waals surface area contributed by atoms with Crippen molar-refractivity contribution < 1.29 is 9.90 Å². The fourth-order valence-corrected chi connectivity index (χ4v) is 3.78. The molecule has 3 heteroatoms. The molecular weight excluding hydrogens is 322 g/mol. The zero-order chi connectivity index (χ0) is 19.1. The summed E-state index contributed by atoms with van der Waals surface area (Å²) >= 11 is 0. The Morgan fingerprint density at radius 2 is 1.69 bits per heavy atom. The third-order valence-electron chi connectivity index (χ3n) is 5.70. The number of carbonyl (C=O) groups is 1. The maximum atomic E-state index is 10.9. The number of aromatic nitrogens is 1. The number of carboxylic acids is 1. The van der Waals surface area contributed by atoms with E-state index >= 15 is 0 Å². The van der Waals surface area contributed by atoms with Gasteiger partial charge in [-0.3, -0.25) is 0 Å². The van der Waals surface area contributed by atoms with Crippen LogP contribution in [0.25, 0.3) is 11.6 Å². The molecule has 0 atom stereocenters. The molecule has 0 fully saturated rings. The summed E-state index contributed by atoms with van der Waals surface area (Å²) in [7, 11) is 0. The zero-order valence-electron chi connectivity index (χ0n) is 16.3. The molecule has 1 aliphatic carbocycles. The summed E-state index contributed by atoms with van der Waals surface area (Å²) < 4.78 is 0. The van der Waals surface area contributed by atoms with Crippen LogP contribution >= 0.6 is 0 Å². The van der Waals surface area contributed by atoms with Gasteiger partial charge in [0.1, 0.15) is 5.69 Å². The van der Waals surface area contributed by atoms with E-state index < -0.39 is 5.97 Å². The van der Waals surface area contributed by atoms with Gasteiger partial charge in [0.15, 0.2) is 0 Å². The number of benzene rings is 1. The summed E-state index contributed by atoms with van der Waals surface area (Å²) in [5, 5.41) is 8.98. The molecule has 1 aromatic heterocycles. The van der Waals surface area contributed by atoms with Crippen molar-refractivity contribution in [1.82, 2.24) is 4.98 Å². The number of nitrogens with zero attached hydrogens (tertiary/aromatic N) is 1. The zero-order valence-corrected chi connectivity index (χ0v) is 16.3. The van der Waals surface area contributed by atoms with E-state index in [1.54, 1.807) is 12.3 Å². The molecule has 0 saturated carbocycles. The van der Waals surface area contributed by atoms with Crippen molar-refractivity contribution >= 4 is 17.6 Å². The summed E-state index contributed by atoms with van der Waals surface area (Å²) in [4.78, 5) is 15.0. The van der Waals surface area contributed by atoms with Crippen molar-refractivity contribution in [3.8, 4) is 0 Å². The second-order valence-electron chi connectivity index (χ2n) is 8.64. The lowest BCUT2D eigenvalue weighted by Crippen LogP contribution is -2.33. The smallest absolute Gasteiger partial charge is 0.354 e. The lowest BCUT2D eigenvalue weighted by molar-refractivity contribution is 0.0690. The number of fused-ring (bicyclic) bond motifs is 1. The van der Waals surface area contributed by atoms with Gasteiger partial charge in [0.25, 0.3) is 0 Å². The average molecular weight is 349 g/mol. The van der Waals surface area contributed by atoms with Crippen molar-refractivity contribution in [3.05, 3.63) is 64.5 Å². The first-order valence-corrected chi connectivity index (χ1v) is 9.13. The maximum Gasteiger partial charge on any atom is 0.354 e. The lowest BCUT2D eigenvalue weighted by atomic mass is 9.63. The second-order valence-corrected chi connectivity index (χ2v) is 8.64. The molecule has 0 unspecified atom stereocenters. The number of allylic oxidation sites excluding steroid dienone is 1. The minimum atomic E-state index is -1.00. The van der Waals surface area contributed by atoms with E-state index in [1.165, 1.54) is 29.5 Å². The summed E-state index contributed by atoms with van der Waals surface area (Å²) in [6.07, 6.45) is 6.18. The predicted molar refractivity (Wildman–Crippen MR) is 106 cm³/mol. The van der Waals surface area contributed by atoms with Gasteiger partial charge in [0, 0.05) is 6.20 Å². The Balaban J connectivity index is 1.97. The van der Waals surface area contributed by atoms with Crippen LogP contribution in [-0.4, -0.2) is 16.1 Å². The van der Waals surface area contributed by atoms with Gasteiger partial charge in [-0.05, 0) is 64.5 Å². The molecule has 0 spiro atoms. The van der Waals surface area contributed by atoms with Crippen molar-refractivity contribution in [2.24, 2.45) is 0 Å². The third kappa shape index (κ3) is 3.44. The van der Waals surface area contributed by atoms with E-state index in [2.05, 4.69) is 57.0 Å². The van der Waals surface area contributed by atoms with Crippen LogP contribution in [0.2, 0.25) is 0 Å². The van der Waals surface area contributed by atoms with Crippen LogP contribution in [0.1, 0.15) is 80.2 Å². The van der Waals surface area contributed by atoms with Gasteiger partial charge in [0.2, 0.25) is 0 Å². The van der Waals surface area contributed by atoms with E-state index in [-0.39, 0.29) is 16.5 Å². The van der Waals surface area contributed by atoms with Gasteiger partial charge >= 0.3 is 5.97 Å². The number of aromatic carboxylic acids is 1. The van der Waals surface area contributed by atoms with Crippen molar-refractivity contribution in [1.29, 1.82) is 0 Å². The Morgan fingerprint density at radius 3 is 2.27 bits per heavy atom. The highest BCUT2D eigenvalue weighted by Crippen LogP contribution is 2.46. The fraction of sp³-hybridized carbons (Fsp3) is 0.391. The summed E-state index contributed by atoms with van der Waals surface area (Å²) in [6, 6.07) is 10.1. The Bertz CT molecular complexity index is 874. The van der Waals surface area contributed by atoms with Crippen LogP contribution in [0.3, 0.4) is 0 Å². The minimum Gasteiger partial charge on any atom is -0.477 e. The number of carboxylic acid groups (broad SMARTS) is 1. The molecule has 26 heavy (non-hydrogen) atoms. The van der Waals surface area contributed by atoms with Crippen LogP contribution in [0.4, 0.5) is 0 Å². The van der Waals surface area contributed by atoms with Gasteiger partial charge in [-0.15, -0.1) is 0 Å². The van der Waals surface area contributed by atoms with Crippen molar-refractivity contribution in [2.75, 3.05) is 0 Å². The van der Waals surface area contributed by atoms with Gasteiger partial charge in [-0.1, -0.05) is 58.0 Å². The number of hydrogen-bond donors (Lipinski definition) is 1. The third-order valence-corrected chi connectivity index (χ3v) is 5.70. The highest BCUT2D eigenvalue weighted by molar-refractivity contribution is 5.86. The van der Waals surface area contributed by atoms with Crippen molar-refractivity contribution in [2.45, 2.75) is 58.3 Å². The fourth-order valence-electron chi connectivity index (χ4n) is 3.78. The first-order valence-electron chi connectivity index (χ1n) is 9.13. The molecule has 0 radical (unpaired) electrons. The van der Waals surface area contributed by atoms with Crippen LogP contribution in [0.15, 0.2) is 36.5 Å². The first kappa shape index (κ1) is 18.4. The monoisotopic (exact) mass is 349 g/mol. The predicted octanol–water partition coefficient (Wildman–Crippen LogP) is 5.69. The maximum absolute atomic E-state index is 10.9. The molecule has 3 nitrogen and oxygen atoms in total. The van der Waals surface area contributed by atoms with Crippen LogP contribution < -0.4 is 0 Å². The number of pyridine rings is 1. The Hall–Kier alpha value is -2.42. The van der Waals surface area contributed by atoms with Gasteiger partial charge < -0.3 is 5.11 Å². The molecule has 2 aromatic rings. The highest BCUT2D eigenvalue weighted by atomic mass is 16.4. The molecule has 0 amide bonds. The molecule has 0 bridgehead atoms. The summed E-state index contributed by atoms with van der Waals surface area (Å²) in [6.45, 7) is 11.4. The molecule has 1 aliphatic rings. The Morgan fingerprint density at radius 1 is 1.04 bits per heavy atom. The van der Waals surface area contributed by atoms with E-state index in [0.29, 0.717) is 0 Å². The SMILES string of the molecule is CC(=Cc1ccc2c(c1)C(C)(C)CCC2(C)C)c1ccc(C(=O)O)nc1. The summed E-state index contributed by atoms with van der Waals surface area (Å²) in [5.41, 5.74) is 6.56. The normalized spacial score (nSPS) is 18.3. The molecule has 1 aromatic carbocycles. The second kappa shape index (κ2) is 6.39. The molecular formula is C23H27NO2. The minimum absolute atomic E-state index is 0.0688. The Labute approximate surface area is 155 Å². The number of hydrogen-bond acceptors (Lipinski definition) is 2. The Kier molecular flexibility index (Phi) is 4.51. The first-order chi connectivity index (χ1) is 12.1. The summed E-state index contributed by atoms with van der Waals surface area (Å²) in [5.74, 6) is -1.00. The molecule has 1 heterocycles. The number of rotatable bonds is 3. The molecule has 136 valence electrons. The van der Waals surface area contributed by atoms with Crippen LogP contribution in [-0.2, 0) is 10.8 Å². The van der Waals surface area contributed by atoms with E-state index in [0.717, 1.165) is 11.1 Å². The van der Waals surface area contributed by atoms with Crippen LogP contribution in [0, 0.1) is 0 Å².